The maximum Gasteiger partial charge on any atom is 0.0852 e. The highest BCUT2D eigenvalue weighted by molar-refractivity contribution is 6.21. The highest BCUT2D eigenvalue weighted by atomic mass is 35.5. The van der Waals surface area contributed by atoms with Crippen molar-refractivity contribution in [2.75, 3.05) is 0 Å². The minimum Gasteiger partial charge on any atom is -0.373 e. The molecule has 0 N–H and O–H groups in total. The summed E-state index contributed by atoms with van der Waals surface area (Å²) >= 11 is 6.71. The Kier molecular flexibility index (Phi) is 4.03. The summed E-state index contributed by atoms with van der Waals surface area (Å²) in [6, 6.07) is 2.25. The fraction of sp³-hybridized carbons (Fsp3) is 0.625. The molecule has 2 rings (SSSR count). The van der Waals surface area contributed by atoms with Gasteiger partial charge in [0.25, 0.3) is 0 Å². The SMILES string of the molecule is Cc1cc(C)c(C)c(C(Cl)C2CCC(C)O2)c1C. The number of aryl methyl sites for hydroxylation is 2. The second-order valence-corrected chi connectivity index (χ2v) is 6.11. The second kappa shape index (κ2) is 5.22. The average Bonchev–Trinajstić information content (AvgIpc) is 2.73. The van der Waals surface area contributed by atoms with Crippen LogP contribution in [0, 0.1) is 27.7 Å². The molecule has 0 spiro atoms. The van der Waals surface area contributed by atoms with Crippen LogP contribution in [-0.2, 0) is 4.74 Å². The molecule has 0 aliphatic carbocycles. The zero-order chi connectivity index (χ0) is 13.4. The molecule has 0 amide bonds. The van der Waals surface area contributed by atoms with Crippen molar-refractivity contribution < 1.29 is 4.74 Å². The van der Waals surface area contributed by atoms with Crippen LogP contribution < -0.4 is 0 Å². The summed E-state index contributed by atoms with van der Waals surface area (Å²) in [6.45, 7) is 10.8. The Morgan fingerprint density at radius 2 is 1.67 bits per heavy atom. The molecule has 1 fully saturated rings. The number of benzene rings is 1. The summed E-state index contributed by atoms with van der Waals surface area (Å²) in [4.78, 5) is 0. The molecule has 18 heavy (non-hydrogen) atoms. The molecule has 3 atom stereocenters. The van der Waals surface area contributed by atoms with Crippen LogP contribution in [-0.4, -0.2) is 12.2 Å². The number of rotatable bonds is 2. The van der Waals surface area contributed by atoms with E-state index in [1.807, 2.05) is 0 Å². The lowest BCUT2D eigenvalue weighted by molar-refractivity contribution is 0.0531. The maximum atomic E-state index is 6.71. The van der Waals surface area contributed by atoms with Crippen molar-refractivity contribution in [2.45, 2.75) is 65.0 Å². The van der Waals surface area contributed by atoms with E-state index >= 15 is 0 Å². The first-order valence-corrected chi connectivity index (χ1v) is 7.22. The summed E-state index contributed by atoms with van der Waals surface area (Å²) in [6.07, 6.45) is 2.71. The van der Waals surface area contributed by atoms with Crippen molar-refractivity contribution >= 4 is 11.6 Å². The topological polar surface area (TPSA) is 9.23 Å². The van der Waals surface area contributed by atoms with Gasteiger partial charge in [-0.1, -0.05) is 6.07 Å². The van der Waals surface area contributed by atoms with Crippen molar-refractivity contribution in [1.82, 2.24) is 0 Å². The zero-order valence-corrected chi connectivity index (χ0v) is 12.8. The van der Waals surface area contributed by atoms with Gasteiger partial charge < -0.3 is 4.74 Å². The molecule has 2 heteroatoms. The minimum atomic E-state index is -0.0199. The van der Waals surface area contributed by atoms with E-state index in [2.05, 4.69) is 40.7 Å². The molecule has 1 saturated heterocycles. The molecule has 1 heterocycles. The van der Waals surface area contributed by atoms with Gasteiger partial charge in [0.05, 0.1) is 17.6 Å². The van der Waals surface area contributed by atoms with E-state index in [0.717, 1.165) is 12.8 Å². The van der Waals surface area contributed by atoms with Crippen molar-refractivity contribution in [3.05, 3.63) is 33.9 Å². The van der Waals surface area contributed by atoms with E-state index in [4.69, 9.17) is 16.3 Å². The number of halogens is 1. The molecule has 1 nitrogen and oxygen atoms in total. The Balaban J connectivity index is 2.38. The normalized spacial score (nSPS) is 25.4. The smallest absolute Gasteiger partial charge is 0.0852 e. The molecule has 3 unspecified atom stereocenters. The van der Waals surface area contributed by atoms with Gasteiger partial charge in [0.15, 0.2) is 0 Å². The molecule has 0 radical (unpaired) electrons. The van der Waals surface area contributed by atoms with Crippen LogP contribution >= 0.6 is 11.6 Å². The van der Waals surface area contributed by atoms with Crippen LogP contribution in [0.25, 0.3) is 0 Å². The maximum absolute atomic E-state index is 6.71. The summed E-state index contributed by atoms with van der Waals surface area (Å²) in [5, 5.41) is -0.0199. The van der Waals surface area contributed by atoms with Gasteiger partial charge >= 0.3 is 0 Å². The van der Waals surface area contributed by atoms with Crippen LogP contribution in [0.1, 0.15) is 53.0 Å². The third kappa shape index (κ3) is 2.44. The molecule has 1 aliphatic heterocycles. The predicted octanol–water partition coefficient (Wildman–Crippen LogP) is 4.77. The van der Waals surface area contributed by atoms with E-state index in [0.29, 0.717) is 6.10 Å². The molecule has 0 saturated carbocycles. The first-order valence-electron chi connectivity index (χ1n) is 6.78. The van der Waals surface area contributed by atoms with Gasteiger partial charge in [0.2, 0.25) is 0 Å². The van der Waals surface area contributed by atoms with Crippen LogP contribution in [0.2, 0.25) is 0 Å². The molecule has 0 bridgehead atoms. The minimum absolute atomic E-state index is 0.0199. The summed E-state index contributed by atoms with van der Waals surface area (Å²) in [5.41, 5.74) is 6.57. The number of hydrogen-bond acceptors (Lipinski definition) is 1. The van der Waals surface area contributed by atoms with Crippen LogP contribution in [0.3, 0.4) is 0 Å². The summed E-state index contributed by atoms with van der Waals surface area (Å²) in [5.74, 6) is 0. The van der Waals surface area contributed by atoms with Crippen LogP contribution in [0.4, 0.5) is 0 Å². The summed E-state index contributed by atoms with van der Waals surface area (Å²) < 4.78 is 5.94. The third-order valence-electron chi connectivity index (χ3n) is 4.29. The Bertz CT molecular complexity index is 427. The Labute approximate surface area is 115 Å². The fourth-order valence-corrected chi connectivity index (χ4v) is 3.41. The monoisotopic (exact) mass is 266 g/mol. The Morgan fingerprint density at radius 3 is 2.11 bits per heavy atom. The highest BCUT2D eigenvalue weighted by Crippen LogP contribution is 2.39. The van der Waals surface area contributed by atoms with E-state index in [-0.39, 0.29) is 11.5 Å². The Morgan fingerprint density at radius 1 is 1.11 bits per heavy atom. The molecule has 0 aromatic heterocycles. The predicted molar refractivity (Wildman–Crippen MR) is 77.6 cm³/mol. The van der Waals surface area contributed by atoms with Gasteiger partial charge in [-0.05, 0) is 75.3 Å². The molecule has 100 valence electrons. The first-order chi connectivity index (χ1) is 8.41. The highest BCUT2D eigenvalue weighted by Gasteiger charge is 2.31. The lowest BCUT2D eigenvalue weighted by atomic mass is 9.90. The lowest BCUT2D eigenvalue weighted by Gasteiger charge is -2.24. The largest absolute Gasteiger partial charge is 0.373 e. The van der Waals surface area contributed by atoms with Gasteiger partial charge in [-0.25, -0.2) is 0 Å². The standard InChI is InChI=1S/C16H23ClO/c1-9-8-10(2)13(5)15(12(9)4)16(17)14-7-6-11(3)18-14/h8,11,14,16H,6-7H2,1-5H3. The molecule has 1 aliphatic rings. The number of hydrogen-bond donors (Lipinski definition) is 0. The van der Waals surface area contributed by atoms with Crippen molar-refractivity contribution in [2.24, 2.45) is 0 Å². The average molecular weight is 267 g/mol. The second-order valence-electron chi connectivity index (χ2n) is 5.64. The quantitative estimate of drug-likeness (QED) is 0.701. The fourth-order valence-electron chi connectivity index (χ4n) is 2.90. The van der Waals surface area contributed by atoms with Gasteiger partial charge in [-0.3, -0.25) is 0 Å². The number of ether oxygens (including phenoxy) is 1. The van der Waals surface area contributed by atoms with Gasteiger partial charge in [0.1, 0.15) is 0 Å². The molecular weight excluding hydrogens is 244 g/mol. The zero-order valence-electron chi connectivity index (χ0n) is 12.0. The number of alkyl halides is 1. The van der Waals surface area contributed by atoms with Crippen molar-refractivity contribution in [3.63, 3.8) is 0 Å². The molecular formula is C16H23ClO. The van der Waals surface area contributed by atoms with Gasteiger partial charge in [-0.2, -0.15) is 0 Å². The lowest BCUT2D eigenvalue weighted by Crippen LogP contribution is -2.17. The molecule has 1 aromatic rings. The van der Waals surface area contributed by atoms with E-state index in [1.165, 1.54) is 27.8 Å². The Hall–Kier alpha value is -0.530. The van der Waals surface area contributed by atoms with Gasteiger partial charge in [-0.15, -0.1) is 11.6 Å². The third-order valence-corrected chi connectivity index (χ3v) is 4.79. The van der Waals surface area contributed by atoms with Crippen LogP contribution in [0.15, 0.2) is 6.07 Å². The van der Waals surface area contributed by atoms with Gasteiger partial charge in [0, 0.05) is 0 Å². The van der Waals surface area contributed by atoms with E-state index in [1.54, 1.807) is 0 Å². The van der Waals surface area contributed by atoms with E-state index in [9.17, 15) is 0 Å². The molecule has 1 aromatic carbocycles. The van der Waals surface area contributed by atoms with Crippen molar-refractivity contribution in [1.29, 1.82) is 0 Å². The van der Waals surface area contributed by atoms with Crippen molar-refractivity contribution in [3.8, 4) is 0 Å². The van der Waals surface area contributed by atoms with E-state index < -0.39 is 0 Å². The summed E-state index contributed by atoms with van der Waals surface area (Å²) in [7, 11) is 0. The first kappa shape index (κ1) is 13.9. The van der Waals surface area contributed by atoms with Crippen LogP contribution in [0.5, 0.6) is 0 Å².